The Labute approximate surface area is 186 Å². The van der Waals surface area contributed by atoms with Crippen LogP contribution in [0.15, 0.2) is 40.2 Å². The second-order valence-electron chi connectivity index (χ2n) is 6.82. The topological polar surface area (TPSA) is 209 Å². The third-order valence-electron chi connectivity index (χ3n) is 4.47. The van der Waals surface area contributed by atoms with E-state index in [1.807, 2.05) is 0 Å². The number of benzene rings is 1. The number of carboxylic acids is 1. The number of rotatable bonds is 9. The minimum atomic E-state index is -1.20. The van der Waals surface area contributed by atoms with Gasteiger partial charge in [-0.25, -0.2) is 14.8 Å². The van der Waals surface area contributed by atoms with Gasteiger partial charge in [0.15, 0.2) is 11.2 Å². The second kappa shape index (κ2) is 10.2. The van der Waals surface area contributed by atoms with Crippen molar-refractivity contribution in [3.63, 3.8) is 0 Å². The number of nitrogens with one attached hydrogen (secondary N) is 2. The Hall–Kier alpha value is -4.55. The van der Waals surface area contributed by atoms with Crippen molar-refractivity contribution < 1.29 is 24.5 Å². The number of hydrogen-bond acceptors (Lipinski definition) is 11. The first-order chi connectivity index (χ1) is 15.8. The summed E-state index contributed by atoms with van der Waals surface area (Å²) in [6.45, 7) is 0.240. The fourth-order valence-electron chi connectivity index (χ4n) is 2.83. The molecular weight excluding hydrogens is 434 g/mol. The summed E-state index contributed by atoms with van der Waals surface area (Å²) >= 11 is 0. The number of aliphatic carboxylic acids is 1. The molecule has 2 heterocycles. The number of aromatic nitrogens is 4. The molecule has 172 valence electrons. The lowest BCUT2D eigenvalue weighted by molar-refractivity contribution is -0.213. The first-order valence-corrected chi connectivity index (χ1v) is 9.67. The summed E-state index contributed by atoms with van der Waals surface area (Å²) in [5.41, 5.74) is 6.53. The smallest absolute Gasteiger partial charge is 0.330 e. The van der Waals surface area contributed by atoms with Crippen molar-refractivity contribution >= 4 is 40.6 Å². The number of H-pyrrole nitrogens is 1. The molecule has 0 saturated heterocycles. The largest absolute Gasteiger partial charge is 0.858 e. The van der Waals surface area contributed by atoms with E-state index in [1.54, 1.807) is 12.1 Å². The molecule has 1 aromatic carbocycles. The number of fused-ring (bicyclic) bond motifs is 1. The van der Waals surface area contributed by atoms with Crippen LogP contribution in [0.2, 0.25) is 0 Å². The molecule has 0 amide bonds. The molecule has 2 aromatic heterocycles. The predicted molar refractivity (Wildman–Crippen MR) is 115 cm³/mol. The van der Waals surface area contributed by atoms with Crippen LogP contribution in [0.1, 0.15) is 24.1 Å². The van der Waals surface area contributed by atoms with E-state index in [9.17, 15) is 19.5 Å². The van der Waals surface area contributed by atoms with E-state index >= 15 is 0 Å². The van der Waals surface area contributed by atoms with Crippen LogP contribution < -0.4 is 21.7 Å². The van der Waals surface area contributed by atoms with Crippen LogP contribution >= 0.6 is 0 Å². The van der Waals surface area contributed by atoms with Gasteiger partial charge in [-0.05, 0) is 30.0 Å². The molecule has 0 aliphatic carbocycles. The van der Waals surface area contributed by atoms with Gasteiger partial charge in [0.25, 0.3) is 5.56 Å². The van der Waals surface area contributed by atoms with Crippen molar-refractivity contribution in [3.05, 3.63) is 52.1 Å². The summed E-state index contributed by atoms with van der Waals surface area (Å²) < 4.78 is 4.58. The highest BCUT2D eigenvalue weighted by molar-refractivity contribution is 5.93. The predicted octanol–water partition coefficient (Wildman–Crippen LogP) is -0.579. The zero-order chi connectivity index (χ0) is 24.0. The zero-order valence-electron chi connectivity index (χ0n) is 17.4. The lowest BCUT2D eigenvalue weighted by atomic mass is 10.1. The van der Waals surface area contributed by atoms with E-state index in [4.69, 9.17) is 10.8 Å². The Kier molecular flexibility index (Phi) is 7.13. The van der Waals surface area contributed by atoms with Crippen LogP contribution in [0.25, 0.3) is 11.2 Å². The fraction of sp³-hybridized carbons (Fsp3) is 0.250. The number of aromatic amines is 1. The standard InChI is InChI=1S/C20H21N7O6/c1-33-19(32)13(6-7-14(28)29)25-17(30)10-2-4-11(5-3-10)22-8-12-9-23-16-15(24-12)18(31)27-20(21)26-16/h2-5,9,13,22H,6-8H2,1H3,(H,25,30)(H,28,29)(H3,21,23,26,27,31)/p-1/t13-/m0/s1. The number of carboxylic acid groups (broad SMARTS) is 1. The Morgan fingerprint density at radius 3 is 2.70 bits per heavy atom. The molecule has 0 saturated carbocycles. The molecule has 3 rings (SSSR count). The SMILES string of the molecule is COC(=O)[C@H](CCC(=O)O)N=C([O-])c1ccc(NCc2cnc3nc(N)[nH]c(=O)c3n2)cc1. The van der Waals surface area contributed by atoms with Crippen molar-refractivity contribution in [2.24, 2.45) is 4.99 Å². The molecule has 3 aromatic rings. The number of carbonyl (C=O) groups is 2. The maximum absolute atomic E-state index is 12.4. The van der Waals surface area contributed by atoms with Gasteiger partial charge in [-0.3, -0.25) is 19.6 Å². The Balaban J connectivity index is 1.68. The van der Waals surface area contributed by atoms with Gasteiger partial charge in [-0.1, -0.05) is 12.1 Å². The van der Waals surface area contributed by atoms with Crippen LogP contribution in [0.5, 0.6) is 0 Å². The van der Waals surface area contributed by atoms with E-state index in [1.165, 1.54) is 18.3 Å². The molecule has 1 atom stereocenters. The van der Waals surface area contributed by atoms with Crippen LogP contribution in [-0.4, -0.2) is 56.0 Å². The normalized spacial score (nSPS) is 12.3. The molecule has 0 aliphatic heterocycles. The number of nitrogens with two attached hydrogens (primary N) is 1. The van der Waals surface area contributed by atoms with Crippen LogP contribution in [0.3, 0.4) is 0 Å². The van der Waals surface area contributed by atoms with Gasteiger partial charge in [0.05, 0.1) is 25.5 Å². The number of anilines is 2. The van der Waals surface area contributed by atoms with Gasteiger partial charge in [0.1, 0.15) is 6.04 Å². The molecule has 0 unspecified atom stereocenters. The molecule has 33 heavy (non-hydrogen) atoms. The lowest BCUT2D eigenvalue weighted by Crippen LogP contribution is -2.28. The molecule has 0 radical (unpaired) electrons. The average Bonchev–Trinajstić information content (AvgIpc) is 2.80. The number of nitrogens with zero attached hydrogens (tertiary/aromatic N) is 4. The van der Waals surface area contributed by atoms with E-state index in [0.717, 1.165) is 7.11 Å². The summed E-state index contributed by atoms with van der Waals surface area (Å²) in [5, 5.41) is 24.3. The monoisotopic (exact) mass is 454 g/mol. The van der Waals surface area contributed by atoms with Gasteiger partial charge in [0.2, 0.25) is 5.95 Å². The number of methoxy groups -OCH3 is 1. The lowest BCUT2D eigenvalue weighted by Gasteiger charge is -2.16. The Morgan fingerprint density at radius 1 is 1.30 bits per heavy atom. The maximum Gasteiger partial charge on any atom is 0.330 e. The highest BCUT2D eigenvalue weighted by Gasteiger charge is 2.19. The molecular formula is C20H20N7O6-. The first-order valence-electron chi connectivity index (χ1n) is 9.67. The van der Waals surface area contributed by atoms with E-state index < -0.39 is 29.4 Å². The molecule has 5 N–H and O–H groups in total. The maximum atomic E-state index is 12.4. The molecule has 0 spiro atoms. The van der Waals surface area contributed by atoms with Crippen molar-refractivity contribution in [1.29, 1.82) is 0 Å². The Morgan fingerprint density at radius 2 is 2.03 bits per heavy atom. The van der Waals surface area contributed by atoms with Crippen molar-refractivity contribution in [1.82, 2.24) is 19.9 Å². The third-order valence-corrected chi connectivity index (χ3v) is 4.47. The molecule has 0 aliphatic rings. The quantitative estimate of drug-likeness (QED) is 0.182. The number of carbonyl (C=O) groups excluding carboxylic acids is 1. The number of ether oxygens (including phenoxy) is 1. The molecule has 13 heteroatoms. The van der Waals surface area contributed by atoms with E-state index in [-0.39, 0.29) is 42.1 Å². The third kappa shape index (κ3) is 6.00. The number of esters is 1. The van der Waals surface area contributed by atoms with E-state index in [2.05, 4.69) is 35.0 Å². The molecule has 0 bridgehead atoms. The van der Waals surface area contributed by atoms with Crippen LogP contribution in [-0.2, 0) is 20.9 Å². The number of hydrogen-bond donors (Lipinski definition) is 4. The molecule has 13 nitrogen and oxygen atoms in total. The van der Waals surface area contributed by atoms with Crippen molar-refractivity contribution in [2.45, 2.75) is 25.4 Å². The van der Waals surface area contributed by atoms with Crippen LogP contribution in [0.4, 0.5) is 11.6 Å². The minimum Gasteiger partial charge on any atom is -0.858 e. The summed E-state index contributed by atoms with van der Waals surface area (Å²) in [7, 11) is 1.14. The highest BCUT2D eigenvalue weighted by atomic mass is 16.5. The number of nitrogen functional groups attached to an aromatic ring is 1. The van der Waals surface area contributed by atoms with Gasteiger partial charge in [0, 0.05) is 12.1 Å². The minimum absolute atomic E-state index is 0.0474. The van der Waals surface area contributed by atoms with Gasteiger partial charge < -0.3 is 26.0 Å². The van der Waals surface area contributed by atoms with Crippen molar-refractivity contribution in [3.8, 4) is 0 Å². The summed E-state index contributed by atoms with van der Waals surface area (Å²) in [4.78, 5) is 52.8. The van der Waals surface area contributed by atoms with Gasteiger partial charge >= 0.3 is 11.9 Å². The zero-order valence-corrected chi connectivity index (χ0v) is 17.4. The van der Waals surface area contributed by atoms with Gasteiger partial charge in [-0.15, -0.1) is 0 Å². The summed E-state index contributed by atoms with van der Waals surface area (Å²) in [6, 6.07) is 5.05. The summed E-state index contributed by atoms with van der Waals surface area (Å²) in [5.74, 6) is -2.61. The van der Waals surface area contributed by atoms with Gasteiger partial charge in [-0.2, -0.15) is 4.98 Å². The fourth-order valence-corrected chi connectivity index (χ4v) is 2.83. The second-order valence-corrected chi connectivity index (χ2v) is 6.82. The van der Waals surface area contributed by atoms with E-state index in [0.29, 0.717) is 11.4 Å². The number of aliphatic imine (C=N–C) groups is 1. The average molecular weight is 454 g/mol. The highest BCUT2D eigenvalue weighted by Crippen LogP contribution is 2.13. The van der Waals surface area contributed by atoms with Crippen LogP contribution in [0, 0.1) is 0 Å². The van der Waals surface area contributed by atoms with Crippen molar-refractivity contribution in [2.75, 3.05) is 18.2 Å². The molecule has 0 fully saturated rings. The summed E-state index contributed by atoms with van der Waals surface area (Å²) in [6.07, 6.45) is 0.986. The Bertz CT molecular complexity index is 1260. The first kappa shape index (κ1) is 23.1.